The molecule has 3 rings (SSSR count). The van der Waals surface area contributed by atoms with Crippen LogP contribution >= 0.6 is 11.6 Å². The summed E-state index contributed by atoms with van der Waals surface area (Å²) < 4.78 is 1.79. The van der Waals surface area contributed by atoms with Gasteiger partial charge in [0.1, 0.15) is 0 Å². The molecule has 2 N–H and O–H groups in total. The third-order valence-electron chi connectivity index (χ3n) is 3.77. The largest absolute Gasteiger partial charge is 0.347 e. The van der Waals surface area contributed by atoms with Crippen molar-refractivity contribution in [1.29, 1.82) is 0 Å². The van der Waals surface area contributed by atoms with E-state index in [0.29, 0.717) is 23.8 Å². The quantitative estimate of drug-likeness (QED) is 0.913. The van der Waals surface area contributed by atoms with Crippen molar-refractivity contribution in [2.24, 2.45) is 7.05 Å². The van der Waals surface area contributed by atoms with Crippen LogP contribution in [0.3, 0.4) is 0 Å². The normalized spacial score (nSPS) is 16.8. The van der Waals surface area contributed by atoms with E-state index in [9.17, 15) is 4.79 Å². The van der Waals surface area contributed by atoms with E-state index in [1.807, 2.05) is 31.3 Å². The number of fused-ring (bicyclic) bond motifs is 1. The van der Waals surface area contributed by atoms with E-state index >= 15 is 0 Å². The van der Waals surface area contributed by atoms with Crippen LogP contribution in [0.2, 0.25) is 5.02 Å². The maximum absolute atomic E-state index is 12.3. The van der Waals surface area contributed by atoms with Gasteiger partial charge in [0, 0.05) is 36.8 Å². The lowest BCUT2D eigenvalue weighted by atomic mass is 10.1. The minimum atomic E-state index is -0.141. The standard InChI is InChI=1S/C15H17ClN4O/c1-9-14-12(8-17-9)13(19-20(14)2)15(21)18-7-10-3-5-11(16)6-4-10/h3-6,9,17H,7-8H2,1-2H3,(H,18,21). The Hall–Kier alpha value is -1.85. The SMILES string of the molecule is CC1NCc2c(C(=O)NCc3ccc(Cl)cc3)nn(C)c21. The molecule has 6 heteroatoms. The van der Waals surface area contributed by atoms with Gasteiger partial charge in [-0.15, -0.1) is 0 Å². The molecule has 1 unspecified atom stereocenters. The first kappa shape index (κ1) is 14.1. The molecule has 0 spiro atoms. The van der Waals surface area contributed by atoms with Crippen molar-refractivity contribution in [2.45, 2.75) is 26.1 Å². The second-order valence-electron chi connectivity index (χ2n) is 5.25. The van der Waals surface area contributed by atoms with E-state index in [4.69, 9.17) is 11.6 Å². The highest BCUT2D eigenvalue weighted by Crippen LogP contribution is 2.26. The fourth-order valence-electron chi connectivity index (χ4n) is 2.70. The molecule has 0 saturated heterocycles. The number of carbonyl (C=O) groups excluding carboxylic acids is 1. The molecule has 5 nitrogen and oxygen atoms in total. The van der Waals surface area contributed by atoms with Crippen molar-refractivity contribution in [3.63, 3.8) is 0 Å². The molecule has 0 radical (unpaired) electrons. The van der Waals surface area contributed by atoms with Crippen LogP contribution in [0.15, 0.2) is 24.3 Å². The number of aryl methyl sites for hydroxylation is 1. The van der Waals surface area contributed by atoms with E-state index in [1.54, 1.807) is 4.68 Å². The maximum Gasteiger partial charge on any atom is 0.272 e. The Bertz CT molecular complexity index is 678. The third kappa shape index (κ3) is 2.66. The van der Waals surface area contributed by atoms with E-state index in [0.717, 1.165) is 16.8 Å². The highest BCUT2D eigenvalue weighted by atomic mass is 35.5. The Morgan fingerprint density at radius 3 is 2.90 bits per heavy atom. The molecule has 1 atom stereocenters. The average Bonchev–Trinajstić information content (AvgIpc) is 3.00. The van der Waals surface area contributed by atoms with Gasteiger partial charge >= 0.3 is 0 Å². The van der Waals surface area contributed by atoms with Crippen LogP contribution in [0.5, 0.6) is 0 Å². The van der Waals surface area contributed by atoms with Crippen LogP contribution in [-0.2, 0) is 20.1 Å². The average molecular weight is 305 g/mol. The van der Waals surface area contributed by atoms with Gasteiger partial charge in [-0.3, -0.25) is 9.48 Å². The molecule has 0 saturated carbocycles. The lowest BCUT2D eigenvalue weighted by Crippen LogP contribution is -2.25. The van der Waals surface area contributed by atoms with Crippen molar-refractivity contribution < 1.29 is 4.79 Å². The Morgan fingerprint density at radius 1 is 1.48 bits per heavy atom. The first-order valence-corrected chi connectivity index (χ1v) is 7.26. The van der Waals surface area contributed by atoms with Crippen LogP contribution in [0.1, 0.15) is 40.3 Å². The second-order valence-corrected chi connectivity index (χ2v) is 5.68. The van der Waals surface area contributed by atoms with Crippen LogP contribution in [0, 0.1) is 0 Å². The lowest BCUT2D eigenvalue weighted by Gasteiger charge is -2.05. The molecule has 1 aromatic carbocycles. The molecule has 1 aliphatic rings. The highest BCUT2D eigenvalue weighted by Gasteiger charge is 2.29. The Kier molecular flexibility index (Phi) is 3.69. The molecular formula is C15H17ClN4O. The van der Waals surface area contributed by atoms with Gasteiger partial charge in [-0.25, -0.2) is 0 Å². The van der Waals surface area contributed by atoms with E-state index in [-0.39, 0.29) is 11.9 Å². The predicted octanol–water partition coefficient (Wildman–Crippen LogP) is 2.17. The minimum absolute atomic E-state index is 0.141. The molecular weight excluding hydrogens is 288 g/mol. The zero-order chi connectivity index (χ0) is 15.0. The van der Waals surface area contributed by atoms with Gasteiger partial charge < -0.3 is 10.6 Å². The summed E-state index contributed by atoms with van der Waals surface area (Å²) in [6.45, 7) is 3.22. The third-order valence-corrected chi connectivity index (χ3v) is 4.02. The number of benzene rings is 1. The predicted molar refractivity (Wildman–Crippen MR) is 81.1 cm³/mol. The summed E-state index contributed by atoms with van der Waals surface area (Å²) in [5.74, 6) is -0.141. The van der Waals surface area contributed by atoms with Gasteiger partial charge in [0.05, 0.1) is 5.69 Å². The van der Waals surface area contributed by atoms with E-state index in [2.05, 4.69) is 22.7 Å². The number of rotatable bonds is 3. The molecule has 0 aliphatic carbocycles. The first-order valence-electron chi connectivity index (χ1n) is 6.88. The molecule has 0 fully saturated rings. The summed E-state index contributed by atoms with van der Waals surface area (Å²) in [6, 6.07) is 7.65. The van der Waals surface area contributed by atoms with E-state index < -0.39 is 0 Å². The molecule has 21 heavy (non-hydrogen) atoms. The molecule has 2 aromatic rings. The molecule has 110 valence electrons. The number of halogens is 1. The smallest absolute Gasteiger partial charge is 0.272 e. The van der Waals surface area contributed by atoms with Gasteiger partial charge in [0.2, 0.25) is 0 Å². The summed E-state index contributed by atoms with van der Waals surface area (Å²) in [5, 5.41) is 11.3. The fraction of sp³-hybridized carbons (Fsp3) is 0.333. The lowest BCUT2D eigenvalue weighted by molar-refractivity contribution is 0.0944. The highest BCUT2D eigenvalue weighted by molar-refractivity contribution is 6.30. The number of nitrogens with one attached hydrogen (secondary N) is 2. The number of carbonyl (C=O) groups is 1. The number of amides is 1. The molecule has 2 heterocycles. The van der Waals surface area contributed by atoms with Gasteiger partial charge in [0.15, 0.2) is 5.69 Å². The summed E-state index contributed by atoms with van der Waals surface area (Å²) >= 11 is 5.84. The van der Waals surface area contributed by atoms with Crippen molar-refractivity contribution >= 4 is 17.5 Å². The van der Waals surface area contributed by atoms with Crippen LogP contribution in [0.4, 0.5) is 0 Å². The van der Waals surface area contributed by atoms with Crippen molar-refractivity contribution in [1.82, 2.24) is 20.4 Å². The number of hydrogen-bond acceptors (Lipinski definition) is 3. The zero-order valence-electron chi connectivity index (χ0n) is 12.0. The van der Waals surface area contributed by atoms with Crippen molar-refractivity contribution in [2.75, 3.05) is 0 Å². The maximum atomic E-state index is 12.3. The van der Waals surface area contributed by atoms with Crippen LogP contribution in [0.25, 0.3) is 0 Å². The second kappa shape index (κ2) is 5.50. The van der Waals surface area contributed by atoms with Crippen molar-refractivity contribution in [3.05, 3.63) is 51.8 Å². The molecule has 0 bridgehead atoms. The Morgan fingerprint density at radius 2 is 2.19 bits per heavy atom. The monoisotopic (exact) mass is 304 g/mol. The zero-order valence-corrected chi connectivity index (χ0v) is 12.7. The topological polar surface area (TPSA) is 59.0 Å². The van der Waals surface area contributed by atoms with Gasteiger partial charge in [-0.2, -0.15) is 5.10 Å². The van der Waals surface area contributed by atoms with E-state index in [1.165, 1.54) is 0 Å². The van der Waals surface area contributed by atoms with Gasteiger partial charge in [-0.1, -0.05) is 23.7 Å². The molecule has 1 amide bonds. The summed E-state index contributed by atoms with van der Waals surface area (Å²) in [6.07, 6.45) is 0. The Labute approximate surface area is 128 Å². The number of aromatic nitrogens is 2. The fourth-order valence-corrected chi connectivity index (χ4v) is 2.83. The minimum Gasteiger partial charge on any atom is -0.347 e. The van der Waals surface area contributed by atoms with Gasteiger partial charge in [-0.05, 0) is 24.6 Å². The number of hydrogen-bond donors (Lipinski definition) is 2. The van der Waals surface area contributed by atoms with Crippen LogP contribution in [-0.4, -0.2) is 15.7 Å². The summed E-state index contributed by atoms with van der Waals surface area (Å²) in [4.78, 5) is 12.3. The Balaban J connectivity index is 1.73. The van der Waals surface area contributed by atoms with Gasteiger partial charge in [0.25, 0.3) is 5.91 Å². The first-order chi connectivity index (χ1) is 10.1. The summed E-state index contributed by atoms with van der Waals surface area (Å²) in [7, 11) is 1.87. The summed E-state index contributed by atoms with van der Waals surface area (Å²) in [5.41, 5.74) is 3.61. The van der Waals surface area contributed by atoms with Crippen molar-refractivity contribution in [3.8, 4) is 0 Å². The van der Waals surface area contributed by atoms with Crippen LogP contribution < -0.4 is 10.6 Å². The number of nitrogens with zero attached hydrogens (tertiary/aromatic N) is 2. The molecule has 1 aromatic heterocycles. The molecule has 1 aliphatic heterocycles.